The number of aliphatic carboxylic acids is 1. The van der Waals surface area contributed by atoms with Gasteiger partial charge in [-0.2, -0.15) is 0 Å². The average Bonchev–Trinajstić information content (AvgIpc) is 2.88. The molecule has 1 fully saturated rings. The summed E-state index contributed by atoms with van der Waals surface area (Å²) in [7, 11) is 1.54. The van der Waals surface area contributed by atoms with E-state index in [9.17, 15) is 19.4 Å². The summed E-state index contributed by atoms with van der Waals surface area (Å²) < 4.78 is 20.0. The monoisotopic (exact) mass is 513 g/mol. The molecule has 0 amide bonds. The molecule has 1 aliphatic heterocycles. The Labute approximate surface area is 214 Å². The van der Waals surface area contributed by atoms with Gasteiger partial charge in [0, 0.05) is 42.4 Å². The molecule has 1 aliphatic rings. The van der Waals surface area contributed by atoms with Crippen LogP contribution in [0.5, 0.6) is 5.75 Å². The summed E-state index contributed by atoms with van der Waals surface area (Å²) in [5.74, 6) is 0.235. The van der Waals surface area contributed by atoms with Crippen molar-refractivity contribution in [1.29, 1.82) is 0 Å². The lowest BCUT2D eigenvalue weighted by Gasteiger charge is -2.38. The molecular weight excluding hydrogens is 481 g/mol. The standard InChI is InChI=1S/C27H32FN3O4S/c1-35-20-6-7-23-21(15-20)27(22(28)16-30-23)24(32)8-5-18-9-11-31(17-19(18)14-26(33)34)12-13-36-25-4-2-3-10-29-25/h2-4,6-7,10,15-16,18-19,24,32H,5,8-9,11-14,17H2,1H3,(H,33,34)/t18?,19?,24-/m1/s1. The maximum Gasteiger partial charge on any atom is 0.303 e. The van der Waals surface area contributed by atoms with Gasteiger partial charge >= 0.3 is 5.97 Å². The quantitative estimate of drug-likeness (QED) is 0.353. The third-order valence-corrected chi connectivity index (χ3v) is 7.84. The Morgan fingerprint density at radius 2 is 2.14 bits per heavy atom. The Kier molecular flexibility index (Phi) is 9.12. The Morgan fingerprint density at radius 1 is 1.28 bits per heavy atom. The van der Waals surface area contributed by atoms with Crippen LogP contribution in [0.3, 0.4) is 0 Å². The number of hydrogen-bond acceptors (Lipinski definition) is 7. The third kappa shape index (κ3) is 6.72. The molecule has 3 aromatic rings. The highest BCUT2D eigenvalue weighted by Crippen LogP contribution is 2.36. The zero-order chi connectivity index (χ0) is 25.5. The van der Waals surface area contributed by atoms with Gasteiger partial charge in [0.05, 0.1) is 30.0 Å². The number of fused-ring (bicyclic) bond motifs is 1. The maximum absolute atomic E-state index is 14.8. The number of hydrogen-bond donors (Lipinski definition) is 2. The van der Waals surface area contributed by atoms with Crippen LogP contribution in [0.1, 0.15) is 37.4 Å². The minimum atomic E-state index is -1.01. The molecule has 0 spiro atoms. The highest BCUT2D eigenvalue weighted by Gasteiger charge is 2.31. The van der Waals surface area contributed by atoms with Crippen LogP contribution in [0.2, 0.25) is 0 Å². The molecular formula is C27H32FN3O4S. The minimum absolute atomic E-state index is 0.0116. The van der Waals surface area contributed by atoms with Crippen molar-refractivity contribution >= 4 is 28.6 Å². The topological polar surface area (TPSA) is 95.8 Å². The zero-order valence-corrected chi connectivity index (χ0v) is 21.2. The van der Waals surface area contributed by atoms with E-state index < -0.39 is 17.9 Å². The lowest BCUT2D eigenvalue weighted by molar-refractivity contribution is -0.139. The smallest absolute Gasteiger partial charge is 0.303 e. The van der Waals surface area contributed by atoms with Gasteiger partial charge in [-0.1, -0.05) is 6.07 Å². The molecule has 1 saturated heterocycles. The maximum atomic E-state index is 14.8. The van der Waals surface area contributed by atoms with Crippen LogP contribution >= 0.6 is 11.8 Å². The second-order valence-corrected chi connectivity index (χ2v) is 10.3. The number of benzene rings is 1. The van der Waals surface area contributed by atoms with E-state index in [1.54, 1.807) is 36.2 Å². The Hall–Kier alpha value is -2.75. The van der Waals surface area contributed by atoms with Crippen molar-refractivity contribution in [3.05, 3.63) is 60.2 Å². The van der Waals surface area contributed by atoms with Gasteiger partial charge in [-0.15, -0.1) is 11.8 Å². The number of likely N-dealkylation sites (tertiary alicyclic amines) is 1. The normalized spacial score (nSPS) is 19.3. The van der Waals surface area contributed by atoms with Crippen molar-refractivity contribution in [3.63, 3.8) is 0 Å². The molecule has 9 heteroatoms. The molecule has 2 unspecified atom stereocenters. The molecule has 36 heavy (non-hydrogen) atoms. The van der Waals surface area contributed by atoms with Gasteiger partial charge in [0.2, 0.25) is 0 Å². The van der Waals surface area contributed by atoms with Gasteiger partial charge in [-0.05, 0) is 68.0 Å². The number of piperidine rings is 1. The van der Waals surface area contributed by atoms with E-state index in [1.165, 1.54) is 7.11 Å². The molecule has 192 valence electrons. The lowest BCUT2D eigenvalue weighted by atomic mass is 9.79. The average molecular weight is 514 g/mol. The van der Waals surface area contributed by atoms with E-state index in [2.05, 4.69) is 14.9 Å². The summed E-state index contributed by atoms with van der Waals surface area (Å²) in [5, 5.41) is 22.0. The van der Waals surface area contributed by atoms with Gasteiger partial charge in [-0.3, -0.25) is 9.78 Å². The number of ether oxygens (including phenoxy) is 1. The lowest BCUT2D eigenvalue weighted by Crippen LogP contribution is -2.42. The number of aliphatic hydroxyl groups excluding tert-OH is 1. The number of methoxy groups -OCH3 is 1. The number of pyridine rings is 2. The van der Waals surface area contributed by atoms with Crippen molar-refractivity contribution in [2.45, 2.75) is 36.8 Å². The van der Waals surface area contributed by atoms with Crippen molar-refractivity contribution in [3.8, 4) is 5.75 Å². The first kappa shape index (κ1) is 26.3. The van der Waals surface area contributed by atoms with Crippen LogP contribution in [0, 0.1) is 17.7 Å². The molecule has 0 aliphatic carbocycles. The van der Waals surface area contributed by atoms with Gasteiger partial charge < -0.3 is 19.8 Å². The van der Waals surface area contributed by atoms with Gasteiger partial charge in [0.15, 0.2) is 0 Å². The molecule has 2 N–H and O–H groups in total. The highest BCUT2D eigenvalue weighted by atomic mass is 32.2. The van der Waals surface area contributed by atoms with Crippen LogP contribution in [-0.2, 0) is 4.79 Å². The van der Waals surface area contributed by atoms with Crippen molar-refractivity contribution < 1.29 is 24.1 Å². The fraction of sp³-hybridized carbons (Fsp3) is 0.444. The third-order valence-electron chi connectivity index (χ3n) is 6.92. The number of carboxylic acids is 1. The summed E-state index contributed by atoms with van der Waals surface area (Å²) in [6.07, 6.45) is 3.83. The summed E-state index contributed by atoms with van der Waals surface area (Å²) in [6, 6.07) is 11.0. The van der Waals surface area contributed by atoms with E-state index in [1.807, 2.05) is 18.2 Å². The van der Waals surface area contributed by atoms with Crippen LogP contribution in [0.25, 0.3) is 10.9 Å². The zero-order valence-electron chi connectivity index (χ0n) is 20.3. The van der Waals surface area contributed by atoms with E-state index in [0.717, 1.165) is 36.5 Å². The van der Waals surface area contributed by atoms with Crippen molar-refractivity contribution in [2.24, 2.45) is 11.8 Å². The fourth-order valence-electron chi connectivity index (χ4n) is 5.06. The number of halogens is 1. The number of rotatable bonds is 11. The van der Waals surface area contributed by atoms with E-state index in [4.69, 9.17) is 4.74 Å². The molecule has 0 radical (unpaired) electrons. The predicted molar refractivity (Wildman–Crippen MR) is 138 cm³/mol. The molecule has 0 saturated carbocycles. The van der Waals surface area contributed by atoms with Crippen LogP contribution in [0.15, 0.2) is 53.8 Å². The van der Waals surface area contributed by atoms with Gasteiger partial charge in [0.25, 0.3) is 0 Å². The molecule has 3 heterocycles. The molecule has 0 bridgehead atoms. The van der Waals surface area contributed by atoms with Crippen LogP contribution < -0.4 is 4.74 Å². The number of aliphatic hydroxyl groups is 1. The molecule has 3 atom stereocenters. The first-order valence-electron chi connectivity index (χ1n) is 12.2. The highest BCUT2D eigenvalue weighted by molar-refractivity contribution is 7.99. The largest absolute Gasteiger partial charge is 0.497 e. The summed E-state index contributed by atoms with van der Waals surface area (Å²) in [4.78, 5) is 22.4. The molecule has 7 nitrogen and oxygen atoms in total. The second-order valence-electron chi connectivity index (χ2n) is 9.22. The Bertz CT molecular complexity index is 1170. The summed E-state index contributed by atoms with van der Waals surface area (Å²) in [5.41, 5.74) is 0.810. The SMILES string of the molecule is COc1ccc2ncc(F)c([C@H](O)CCC3CCN(CCSc4ccccn4)CC3CC(=O)O)c2c1. The Morgan fingerprint density at radius 3 is 2.89 bits per heavy atom. The van der Waals surface area contributed by atoms with Gasteiger partial charge in [0.1, 0.15) is 11.6 Å². The van der Waals surface area contributed by atoms with Crippen molar-refractivity contribution in [1.82, 2.24) is 14.9 Å². The number of aromatic nitrogens is 2. The van der Waals surface area contributed by atoms with E-state index in [0.29, 0.717) is 36.0 Å². The van der Waals surface area contributed by atoms with E-state index >= 15 is 0 Å². The van der Waals surface area contributed by atoms with E-state index in [-0.39, 0.29) is 23.8 Å². The van der Waals surface area contributed by atoms with Crippen molar-refractivity contribution in [2.75, 3.05) is 32.5 Å². The predicted octanol–water partition coefficient (Wildman–Crippen LogP) is 4.80. The number of carboxylic acid groups (broad SMARTS) is 1. The summed E-state index contributed by atoms with van der Waals surface area (Å²) >= 11 is 1.69. The Balaban J connectivity index is 1.38. The van der Waals surface area contributed by atoms with Crippen LogP contribution in [-0.4, -0.2) is 63.5 Å². The van der Waals surface area contributed by atoms with Gasteiger partial charge in [-0.25, -0.2) is 9.37 Å². The number of carbonyl (C=O) groups is 1. The molecule has 2 aromatic heterocycles. The summed E-state index contributed by atoms with van der Waals surface area (Å²) in [6.45, 7) is 2.45. The molecule has 4 rings (SSSR count). The number of nitrogens with zero attached hydrogens (tertiary/aromatic N) is 3. The minimum Gasteiger partial charge on any atom is -0.497 e. The first-order valence-corrected chi connectivity index (χ1v) is 13.2. The second kappa shape index (κ2) is 12.5. The fourth-order valence-corrected chi connectivity index (χ4v) is 5.93. The van der Waals surface area contributed by atoms with Crippen LogP contribution in [0.4, 0.5) is 4.39 Å². The first-order chi connectivity index (χ1) is 17.4. The number of thioether (sulfide) groups is 1. The molecule has 1 aromatic carbocycles.